The highest BCUT2D eigenvalue weighted by molar-refractivity contribution is 5.92. The fourth-order valence-electron chi connectivity index (χ4n) is 2.46. The van der Waals surface area contributed by atoms with Crippen molar-refractivity contribution in [3.63, 3.8) is 0 Å². The molecule has 126 valence electrons. The van der Waals surface area contributed by atoms with Gasteiger partial charge in [0.05, 0.1) is 5.52 Å². The summed E-state index contributed by atoms with van der Waals surface area (Å²) < 4.78 is 42.2. The summed E-state index contributed by atoms with van der Waals surface area (Å²) in [5.74, 6) is 0.155. The topological polar surface area (TPSA) is 64.3 Å². The molecule has 4 rings (SSSR count). The molecule has 0 saturated carbocycles. The monoisotopic (exact) mass is 345 g/mol. The van der Waals surface area contributed by atoms with Gasteiger partial charge in [-0.1, -0.05) is 12.1 Å². The lowest BCUT2D eigenvalue weighted by Gasteiger charge is -2.11. The summed E-state index contributed by atoms with van der Waals surface area (Å²) in [5, 5.41) is 11.9. The van der Waals surface area contributed by atoms with Crippen LogP contribution in [-0.2, 0) is 0 Å². The van der Waals surface area contributed by atoms with Crippen molar-refractivity contribution in [1.29, 1.82) is 0 Å². The molecule has 2 aromatic heterocycles. The zero-order valence-corrected chi connectivity index (χ0v) is 12.5. The van der Waals surface area contributed by atoms with E-state index in [1.807, 2.05) is 24.3 Å². The molecule has 2 aromatic carbocycles. The highest BCUT2D eigenvalue weighted by atomic mass is 19.4. The number of nitrogens with zero attached hydrogens (tertiary/aromatic N) is 4. The largest absolute Gasteiger partial charge is 0.573 e. The van der Waals surface area contributed by atoms with E-state index in [1.54, 1.807) is 4.40 Å². The summed E-state index contributed by atoms with van der Waals surface area (Å²) in [4.78, 5) is 4.51. The smallest absolute Gasteiger partial charge is 0.406 e. The van der Waals surface area contributed by atoms with Gasteiger partial charge in [0, 0.05) is 11.1 Å². The van der Waals surface area contributed by atoms with Crippen molar-refractivity contribution in [2.45, 2.75) is 6.36 Å². The Balaban J connectivity index is 1.69. The average molecular weight is 345 g/mol. The van der Waals surface area contributed by atoms with Gasteiger partial charge < -0.3 is 10.1 Å². The van der Waals surface area contributed by atoms with Crippen LogP contribution in [0.15, 0.2) is 54.9 Å². The number of aromatic nitrogens is 4. The second kappa shape index (κ2) is 5.62. The normalized spacial score (nSPS) is 11.8. The molecule has 1 N–H and O–H groups in total. The van der Waals surface area contributed by atoms with E-state index < -0.39 is 6.36 Å². The number of benzene rings is 2. The van der Waals surface area contributed by atoms with Gasteiger partial charge in [-0.25, -0.2) is 4.98 Å². The molecule has 0 fully saturated rings. The van der Waals surface area contributed by atoms with E-state index >= 15 is 0 Å². The van der Waals surface area contributed by atoms with Crippen molar-refractivity contribution in [1.82, 2.24) is 19.6 Å². The number of halogens is 3. The minimum Gasteiger partial charge on any atom is -0.406 e. The second-order valence-corrected chi connectivity index (χ2v) is 5.17. The second-order valence-electron chi connectivity index (χ2n) is 5.17. The molecule has 0 aliphatic rings. The summed E-state index contributed by atoms with van der Waals surface area (Å²) >= 11 is 0. The molecule has 0 bridgehead atoms. The summed E-state index contributed by atoms with van der Waals surface area (Å²) in [6.45, 7) is 0. The highest BCUT2D eigenvalue weighted by Crippen LogP contribution is 2.26. The first-order chi connectivity index (χ1) is 12.0. The van der Waals surface area contributed by atoms with Crippen molar-refractivity contribution in [3.05, 3.63) is 54.9 Å². The van der Waals surface area contributed by atoms with Gasteiger partial charge in [0.15, 0.2) is 5.65 Å². The Bertz CT molecular complexity index is 1040. The van der Waals surface area contributed by atoms with Crippen molar-refractivity contribution in [2.75, 3.05) is 5.32 Å². The summed E-state index contributed by atoms with van der Waals surface area (Å²) in [5.41, 5.74) is 1.90. The summed E-state index contributed by atoms with van der Waals surface area (Å²) in [6.07, 6.45) is -3.21. The summed E-state index contributed by atoms with van der Waals surface area (Å²) in [6, 6.07) is 12.8. The number of fused-ring (bicyclic) bond motifs is 3. The predicted octanol–water partition coefficient (Wildman–Crippen LogP) is 3.92. The van der Waals surface area contributed by atoms with Crippen LogP contribution < -0.4 is 10.1 Å². The first-order valence-electron chi connectivity index (χ1n) is 7.21. The lowest BCUT2D eigenvalue weighted by atomic mass is 10.2. The summed E-state index contributed by atoms with van der Waals surface area (Å²) in [7, 11) is 0. The van der Waals surface area contributed by atoms with Crippen LogP contribution in [0.5, 0.6) is 5.75 Å². The van der Waals surface area contributed by atoms with E-state index in [9.17, 15) is 13.2 Å². The van der Waals surface area contributed by atoms with Crippen molar-refractivity contribution in [3.8, 4) is 5.75 Å². The van der Waals surface area contributed by atoms with Crippen LogP contribution in [0.4, 0.5) is 24.8 Å². The molecule has 4 aromatic rings. The standard InChI is InChI=1S/C16H10F3N5O/c17-16(18,19)25-11-7-5-10(6-8-11)21-15-22-13-4-2-1-3-12(13)14-23-20-9-24(14)15/h1-9H,(H,21,22). The Morgan fingerprint density at radius 2 is 1.76 bits per heavy atom. The van der Waals surface area contributed by atoms with Crippen LogP contribution in [0.3, 0.4) is 0 Å². The molecule has 0 aliphatic heterocycles. The zero-order chi connectivity index (χ0) is 17.4. The van der Waals surface area contributed by atoms with Crippen LogP contribution in [0.2, 0.25) is 0 Å². The van der Waals surface area contributed by atoms with Gasteiger partial charge in [-0.2, -0.15) is 0 Å². The maximum Gasteiger partial charge on any atom is 0.573 e. The van der Waals surface area contributed by atoms with Gasteiger partial charge in [-0.3, -0.25) is 4.40 Å². The number of hydrogen-bond donors (Lipinski definition) is 1. The van der Waals surface area contributed by atoms with Gasteiger partial charge in [-0.05, 0) is 36.4 Å². The number of alkyl halides is 3. The van der Waals surface area contributed by atoms with E-state index in [2.05, 4.69) is 25.2 Å². The van der Waals surface area contributed by atoms with Crippen LogP contribution in [0.25, 0.3) is 16.6 Å². The number of hydrogen-bond acceptors (Lipinski definition) is 5. The Morgan fingerprint density at radius 3 is 2.52 bits per heavy atom. The Kier molecular flexibility index (Phi) is 3.41. The molecule has 2 heterocycles. The lowest BCUT2D eigenvalue weighted by molar-refractivity contribution is -0.274. The van der Waals surface area contributed by atoms with Crippen LogP contribution in [-0.4, -0.2) is 25.9 Å². The third-order valence-electron chi connectivity index (χ3n) is 3.49. The van der Waals surface area contributed by atoms with Crippen molar-refractivity contribution >= 4 is 28.2 Å². The Hall–Kier alpha value is -3.36. The molecule has 0 amide bonds. The molecule has 0 unspecified atom stereocenters. The van der Waals surface area contributed by atoms with Crippen LogP contribution >= 0.6 is 0 Å². The van der Waals surface area contributed by atoms with E-state index in [1.165, 1.54) is 30.6 Å². The molecule has 0 spiro atoms. The average Bonchev–Trinajstić information content (AvgIpc) is 3.06. The third-order valence-corrected chi connectivity index (χ3v) is 3.49. The van der Waals surface area contributed by atoms with Gasteiger partial charge >= 0.3 is 6.36 Å². The maximum absolute atomic E-state index is 12.2. The zero-order valence-electron chi connectivity index (χ0n) is 12.5. The fourth-order valence-corrected chi connectivity index (χ4v) is 2.46. The lowest BCUT2D eigenvalue weighted by Crippen LogP contribution is -2.17. The first kappa shape index (κ1) is 15.2. The minimum atomic E-state index is -4.72. The van der Waals surface area contributed by atoms with Gasteiger partial charge in [0.1, 0.15) is 12.1 Å². The minimum absolute atomic E-state index is 0.293. The number of ether oxygens (including phenoxy) is 1. The molecule has 0 aliphatic carbocycles. The maximum atomic E-state index is 12.2. The molecule has 0 saturated heterocycles. The number of rotatable bonds is 3. The number of nitrogens with one attached hydrogen (secondary N) is 1. The number of anilines is 2. The predicted molar refractivity (Wildman–Crippen MR) is 84.7 cm³/mol. The number of para-hydroxylation sites is 1. The van der Waals surface area contributed by atoms with Crippen LogP contribution in [0, 0.1) is 0 Å². The molecule has 25 heavy (non-hydrogen) atoms. The van der Waals surface area contributed by atoms with Gasteiger partial charge in [-0.15, -0.1) is 23.4 Å². The fraction of sp³-hybridized carbons (Fsp3) is 0.0625. The first-order valence-corrected chi connectivity index (χ1v) is 7.21. The molecular weight excluding hydrogens is 335 g/mol. The molecule has 0 atom stereocenters. The Labute approximate surface area is 138 Å². The van der Waals surface area contributed by atoms with E-state index in [0.717, 1.165) is 10.9 Å². The van der Waals surface area contributed by atoms with E-state index in [4.69, 9.17) is 0 Å². The third kappa shape index (κ3) is 3.03. The molecule has 6 nitrogen and oxygen atoms in total. The van der Waals surface area contributed by atoms with Crippen LogP contribution in [0.1, 0.15) is 0 Å². The van der Waals surface area contributed by atoms with E-state index in [-0.39, 0.29) is 5.75 Å². The Morgan fingerprint density at radius 1 is 1.00 bits per heavy atom. The molecular formula is C16H10F3N5O. The van der Waals surface area contributed by atoms with Gasteiger partial charge in [0.25, 0.3) is 0 Å². The van der Waals surface area contributed by atoms with Crippen molar-refractivity contribution < 1.29 is 17.9 Å². The van der Waals surface area contributed by atoms with E-state index in [0.29, 0.717) is 17.3 Å². The molecule has 0 radical (unpaired) electrons. The van der Waals surface area contributed by atoms with Gasteiger partial charge in [0.2, 0.25) is 5.95 Å². The SMILES string of the molecule is FC(F)(F)Oc1ccc(Nc2nc3ccccc3c3nncn23)cc1. The highest BCUT2D eigenvalue weighted by Gasteiger charge is 2.30. The molecule has 9 heteroatoms. The van der Waals surface area contributed by atoms with Crippen molar-refractivity contribution in [2.24, 2.45) is 0 Å². The quantitative estimate of drug-likeness (QED) is 0.610.